The molecule has 1 aliphatic rings. The molecule has 0 saturated carbocycles. The lowest BCUT2D eigenvalue weighted by Gasteiger charge is -2.28. The fourth-order valence-corrected chi connectivity index (χ4v) is 1.66. The molecule has 0 fully saturated rings. The molecular weight excluding hydrogens is 202 g/mol. The van der Waals surface area contributed by atoms with Crippen LogP contribution >= 0.6 is 0 Å². The number of amides is 1. The van der Waals surface area contributed by atoms with Crippen LogP contribution in [0, 0.1) is 11.8 Å². The Morgan fingerprint density at radius 1 is 1.62 bits per heavy atom. The summed E-state index contributed by atoms with van der Waals surface area (Å²) in [7, 11) is 0. The molecule has 2 N–H and O–H groups in total. The molecule has 92 valence electrons. The molecule has 16 heavy (non-hydrogen) atoms. The van der Waals surface area contributed by atoms with Crippen molar-refractivity contribution in [2.24, 2.45) is 11.8 Å². The summed E-state index contributed by atoms with van der Waals surface area (Å²) in [5.41, 5.74) is -0.818. The quantitative estimate of drug-likeness (QED) is 0.702. The number of carbonyl (C=O) groups is 1. The van der Waals surface area contributed by atoms with Crippen molar-refractivity contribution >= 4 is 5.91 Å². The first-order valence-corrected chi connectivity index (χ1v) is 6.07. The van der Waals surface area contributed by atoms with Crippen molar-refractivity contribution in [1.29, 1.82) is 0 Å². The molecule has 0 saturated heterocycles. The summed E-state index contributed by atoms with van der Waals surface area (Å²) in [4.78, 5) is 11.6. The number of carbonyl (C=O) groups excluding carboxylic acids is 1. The molecule has 0 aromatic heterocycles. The van der Waals surface area contributed by atoms with Crippen molar-refractivity contribution in [1.82, 2.24) is 5.32 Å². The lowest BCUT2D eigenvalue weighted by atomic mass is 9.92. The zero-order chi connectivity index (χ0) is 12.2. The minimum absolute atomic E-state index is 0.0393. The molecule has 0 spiro atoms. The molecule has 1 amide bonds. The molecule has 1 rings (SSSR count). The summed E-state index contributed by atoms with van der Waals surface area (Å²) >= 11 is 0. The Hall–Kier alpha value is -0.830. The number of allylic oxidation sites excluding steroid dienone is 2. The van der Waals surface area contributed by atoms with E-state index in [0.29, 0.717) is 18.9 Å². The second-order valence-electron chi connectivity index (χ2n) is 5.26. The smallest absolute Gasteiger partial charge is 0.220 e. The van der Waals surface area contributed by atoms with E-state index in [9.17, 15) is 9.90 Å². The van der Waals surface area contributed by atoms with Crippen LogP contribution in [0.25, 0.3) is 0 Å². The van der Waals surface area contributed by atoms with E-state index in [0.717, 1.165) is 12.8 Å². The van der Waals surface area contributed by atoms with Gasteiger partial charge in [-0.2, -0.15) is 0 Å². The fraction of sp³-hybridized carbons (Fsp3) is 0.769. The molecule has 3 heteroatoms. The van der Waals surface area contributed by atoms with Crippen molar-refractivity contribution < 1.29 is 9.90 Å². The van der Waals surface area contributed by atoms with Gasteiger partial charge in [-0.3, -0.25) is 4.79 Å². The predicted octanol–water partition coefficient (Wildman–Crippen LogP) is 1.87. The Balaban J connectivity index is 2.27. The zero-order valence-corrected chi connectivity index (χ0v) is 10.5. The summed E-state index contributed by atoms with van der Waals surface area (Å²) in [6.07, 6.45) is 6.95. The minimum Gasteiger partial charge on any atom is -0.388 e. The first kappa shape index (κ1) is 13.2. The fourth-order valence-electron chi connectivity index (χ4n) is 1.66. The van der Waals surface area contributed by atoms with Gasteiger partial charge in [-0.15, -0.1) is 0 Å². The van der Waals surface area contributed by atoms with Crippen LogP contribution in [0.2, 0.25) is 0 Å². The third-order valence-electron chi connectivity index (χ3n) is 3.45. The molecule has 0 bridgehead atoms. The summed E-state index contributed by atoms with van der Waals surface area (Å²) in [6, 6.07) is 0. The number of hydrogen-bond donors (Lipinski definition) is 2. The van der Waals surface area contributed by atoms with Gasteiger partial charge >= 0.3 is 0 Å². The summed E-state index contributed by atoms with van der Waals surface area (Å²) < 4.78 is 0. The zero-order valence-electron chi connectivity index (χ0n) is 10.5. The third kappa shape index (κ3) is 3.97. The lowest BCUT2D eigenvalue weighted by molar-refractivity contribution is -0.123. The van der Waals surface area contributed by atoms with E-state index in [1.54, 1.807) is 6.92 Å². The van der Waals surface area contributed by atoms with Crippen LogP contribution < -0.4 is 5.32 Å². The Kier molecular flexibility index (Phi) is 4.54. The molecule has 0 aliphatic heterocycles. The van der Waals surface area contributed by atoms with Gasteiger partial charge in [-0.05, 0) is 31.6 Å². The molecule has 0 radical (unpaired) electrons. The van der Waals surface area contributed by atoms with Gasteiger partial charge < -0.3 is 10.4 Å². The number of nitrogens with one attached hydrogen (secondary N) is 1. The minimum atomic E-state index is -0.818. The van der Waals surface area contributed by atoms with E-state index in [1.807, 2.05) is 13.8 Å². The Labute approximate surface area is 97.9 Å². The van der Waals surface area contributed by atoms with Crippen LogP contribution in [-0.2, 0) is 4.79 Å². The van der Waals surface area contributed by atoms with E-state index in [1.165, 1.54) is 0 Å². The van der Waals surface area contributed by atoms with E-state index in [2.05, 4.69) is 17.5 Å². The lowest BCUT2D eigenvalue weighted by Crippen LogP contribution is -2.44. The number of hydrogen-bond acceptors (Lipinski definition) is 2. The predicted molar refractivity (Wildman–Crippen MR) is 65.0 cm³/mol. The van der Waals surface area contributed by atoms with Gasteiger partial charge in [0.2, 0.25) is 5.91 Å². The Morgan fingerprint density at radius 3 is 2.81 bits per heavy atom. The first-order chi connectivity index (χ1) is 7.42. The van der Waals surface area contributed by atoms with Crippen LogP contribution in [0.1, 0.15) is 40.0 Å². The SMILES string of the molecule is CC(C)C(C)(O)CNC(=O)CC1C=CCC1. The molecule has 3 nitrogen and oxygen atoms in total. The molecule has 0 heterocycles. The van der Waals surface area contributed by atoms with Gasteiger partial charge in [0, 0.05) is 13.0 Å². The maximum Gasteiger partial charge on any atom is 0.220 e. The highest BCUT2D eigenvalue weighted by atomic mass is 16.3. The van der Waals surface area contributed by atoms with Crippen LogP contribution in [0.3, 0.4) is 0 Å². The normalized spacial score (nSPS) is 23.4. The highest BCUT2D eigenvalue weighted by Gasteiger charge is 2.25. The standard InChI is InChI=1S/C13H23NO2/c1-10(2)13(3,16)9-14-12(15)8-11-6-4-5-7-11/h4,6,10-11,16H,5,7-9H2,1-3H3,(H,14,15). The molecule has 2 unspecified atom stereocenters. The second kappa shape index (κ2) is 5.48. The highest BCUT2D eigenvalue weighted by molar-refractivity contribution is 5.76. The van der Waals surface area contributed by atoms with Crippen LogP contribution in [-0.4, -0.2) is 23.2 Å². The van der Waals surface area contributed by atoms with E-state index >= 15 is 0 Å². The van der Waals surface area contributed by atoms with Gasteiger partial charge in [0.05, 0.1) is 5.60 Å². The van der Waals surface area contributed by atoms with Gasteiger partial charge in [0.15, 0.2) is 0 Å². The van der Waals surface area contributed by atoms with Crippen molar-refractivity contribution in [2.75, 3.05) is 6.54 Å². The monoisotopic (exact) mass is 225 g/mol. The van der Waals surface area contributed by atoms with Gasteiger partial charge in [-0.25, -0.2) is 0 Å². The van der Waals surface area contributed by atoms with Crippen molar-refractivity contribution in [3.63, 3.8) is 0 Å². The molecule has 2 atom stereocenters. The van der Waals surface area contributed by atoms with Gasteiger partial charge in [-0.1, -0.05) is 26.0 Å². The van der Waals surface area contributed by atoms with Crippen molar-refractivity contribution in [2.45, 2.75) is 45.6 Å². The van der Waals surface area contributed by atoms with Gasteiger partial charge in [0.1, 0.15) is 0 Å². The molecular formula is C13H23NO2. The van der Waals surface area contributed by atoms with Crippen LogP contribution in [0.5, 0.6) is 0 Å². The first-order valence-electron chi connectivity index (χ1n) is 6.07. The Morgan fingerprint density at radius 2 is 2.31 bits per heavy atom. The molecule has 1 aliphatic carbocycles. The van der Waals surface area contributed by atoms with E-state index in [-0.39, 0.29) is 11.8 Å². The summed E-state index contributed by atoms with van der Waals surface area (Å²) in [5, 5.41) is 12.8. The third-order valence-corrected chi connectivity index (χ3v) is 3.45. The Bertz CT molecular complexity index is 269. The van der Waals surface area contributed by atoms with E-state index < -0.39 is 5.60 Å². The molecule has 0 aromatic carbocycles. The average Bonchev–Trinajstić information content (AvgIpc) is 2.67. The van der Waals surface area contributed by atoms with Crippen molar-refractivity contribution in [3.05, 3.63) is 12.2 Å². The maximum absolute atomic E-state index is 11.6. The average molecular weight is 225 g/mol. The maximum atomic E-state index is 11.6. The van der Waals surface area contributed by atoms with Crippen LogP contribution in [0.4, 0.5) is 0 Å². The largest absolute Gasteiger partial charge is 0.388 e. The van der Waals surface area contributed by atoms with Gasteiger partial charge in [0.25, 0.3) is 0 Å². The summed E-state index contributed by atoms with van der Waals surface area (Å²) in [6.45, 7) is 5.99. The topological polar surface area (TPSA) is 49.3 Å². The second-order valence-corrected chi connectivity index (χ2v) is 5.26. The highest BCUT2D eigenvalue weighted by Crippen LogP contribution is 2.20. The summed E-state index contributed by atoms with van der Waals surface area (Å²) in [5.74, 6) is 0.570. The number of aliphatic hydroxyl groups is 1. The number of rotatable bonds is 5. The van der Waals surface area contributed by atoms with Crippen molar-refractivity contribution in [3.8, 4) is 0 Å². The molecule has 0 aromatic rings. The van der Waals surface area contributed by atoms with Crippen LogP contribution in [0.15, 0.2) is 12.2 Å². The van der Waals surface area contributed by atoms with E-state index in [4.69, 9.17) is 0 Å².